The number of fused-ring (bicyclic) bond motifs is 1. The van der Waals surface area contributed by atoms with Gasteiger partial charge in [-0.25, -0.2) is 4.52 Å². The molecule has 0 fully saturated rings. The lowest BCUT2D eigenvalue weighted by Gasteiger charge is -2.06. The van der Waals surface area contributed by atoms with Crippen LogP contribution < -0.4 is 5.32 Å². The van der Waals surface area contributed by atoms with Gasteiger partial charge in [0, 0.05) is 24.0 Å². The average molecular weight is 176 g/mol. The minimum atomic E-state index is 0.307. The van der Waals surface area contributed by atoms with Crippen LogP contribution in [0.3, 0.4) is 0 Å². The number of hydrogen-bond donors (Lipinski definition) is 1. The van der Waals surface area contributed by atoms with Gasteiger partial charge >= 0.3 is 0 Å². The Labute approximate surface area is 76.6 Å². The fourth-order valence-electron chi connectivity index (χ4n) is 1.34. The second-order valence-corrected chi connectivity index (χ2v) is 3.02. The van der Waals surface area contributed by atoms with Crippen molar-refractivity contribution in [2.24, 2.45) is 0 Å². The zero-order chi connectivity index (χ0) is 9.26. The van der Waals surface area contributed by atoms with E-state index >= 15 is 0 Å². The predicted molar refractivity (Wildman–Crippen MR) is 50.5 cm³/mol. The Balaban J connectivity index is 2.57. The minimum Gasteiger partial charge on any atom is -0.313 e. The molecule has 1 atom stereocenters. The standard InChI is InChI=1S/C9H12N4/c1-7(10-2)8-5-12-13-4-3-11-6-9(8)13/h3-7,10H,1-2H3. The summed E-state index contributed by atoms with van der Waals surface area (Å²) >= 11 is 0. The molecule has 0 amide bonds. The van der Waals surface area contributed by atoms with E-state index in [2.05, 4.69) is 22.3 Å². The fourth-order valence-corrected chi connectivity index (χ4v) is 1.34. The molecule has 0 radical (unpaired) electrons. The van der Waals surface area contributed by atoms with Crippen molar-refractivity contribution in [1.29, 1.82) is 0 Å². The minimum absolute atomic E-state index is 0.307. The van der Waals surface area contributed by atoms with Gasteiger partial charge in [0.25, 0.3) is 0 Å². The third-order valence-corrected chi connectivity index (χ3v) is 2.25. The molecule has 13 heavy (non-hydrogen) atoms. The van der Waals surface area contributed by atoms with Gasteiger partial charge in [-0.15, -0.1) is 0 Å². The summed E-state index contributed by atoms with van der Waals surface area (Å²) in [4.78, 5) is 4.07. The second-order valence-electron chi connectivity index (χ2n) is 3.02. The van der Waals surface area contributed by atoms with E-state index in [4.69, 9.17) is 0 Å². The van der Waals surface area contributed by atoms with E-state index < -0.39 is 0 Å². The van der Waals surface area contributed by atoms with Crippen LogP contribution in [0.2, 0.25) is 0 Å². The number of hydrogen-bond acceptors (Lipinski definition) is 3. The van der Waals surface area contributed by atoms with Crippen molar-refractivity contribution < 1.29 is 0 Å². The normalized spacial score (nSPS) is 13.4. The number of nitrogens with zero attached hydrogens (tertiary/aromatic N) is 3. The van der Waals surface area contributed by atoms with Crippen LogP contribution in [0.15, 0.2) is 24.8 Å². The molecule has 4 heteroatoms. The fraction of sp³-hybridized carbons (Fsp3) is 0.333. The average Bonchev–Trinajstić information content (AvgIpc) is 2.60. The van der Waals surface area contributed by atoms with Crippen molar-refractivity contribution in [3.8, 4) is 0 Å². The predicted octanol–water partition coefficient (Wildman–Crippen LogP) is 1.01. The lowest BCUT2D eigenvalue weighted by Crippen LogP contribution is -2.11. The van der Waals surface area contributed by atoms with E-state index in [9.17, 15) is 0 Å². The first-order valence-electron chi connectivity index (χ1n) is 4.27. The zero-order valence-electron chi connectivity index (χ0n) is 7.73. The molecule has 1 N–H and O–H groups in total. The van der Waals surface area contributed by atoms with Gasteiger partial charge in [-0.3, -0.25) is 4.98 Å². The molecule has 2 rings (SSSR count). The summed E-state index contributed by atoms with van der Waals surface area (Å²) < 4.78 is 1.83. The van der Waals surface area contributed by atoms with E-state index in [1.165, 1.54) is 5.56 Å². The van der Waals surface area contributed by atoms with Gasteiger partial charge in [0.2, 0.25) is 0 Å². The topological polar surface area (TPSA) is 42.2 Å². The molecule has 0 spiro atoms. The van der Waals surface area contributed by atoms with Crippen LogP contribution in [-0.4, -0.2) is 21.6 Å². The largest absolute Gasteiger partial charge is 0.313 e. The van der Waals surface area contributed by atoms with Crippen molar-refractivity contribution in [2.75, 3.05) is 7.05 Å². The molecule has 68 valence electrons. The van der Waals surface area contributed by atoms with Gasteiger partial charge in [-0.05, 0) is 14.0 Å². The van der Waals surface area contributed by atoms with E-state index in [0.29, 0.717) is 6.04 Å². The van der Waals surface area contributed by atoms with Gasteiger partial charge < -0.3 is 5.32 Å². The van der Waals surface area contributed by atoms with Crippen molar-refractivity contribution in [3.63, 3.8) is 0 Å². The highest BCUT2D eigenvalue weighted by atomic mass is 15.2. The maximum atomic E-state index is 4.22. The SMILES string of the molecule is CNC(C)c1cnn2ccncc12. The van der Waals surface area contributed by atoms with E-state index in [1.54, 1.807) is 6.20 Å². The Bertz CT molecular complexity index is 407. The van der Waals surface area contributed by atoms with Crippen molar-refractivity contribution in [2.45, 2.75) is 13.0 Å². The Hall–Kier alpha value is -1.42. The monoisotopic (exact) mass is 176 g/mol. The Kier molecular flexibility index (Phi) is 1.98. The van der Waals surface area contributed by atoms with E-state index in [-0.39, 0.29) is 0 Å². The highest BCUT2D eigenvalue weighted by Crippen LogP contribution is 2.16. The van der Waals surface area contributed by atoms with Crippen LogP contribution >= 0.6 is 0 Å². The van der Waals surface area contributed by atoms with Crippen LogP contribution in [0.5, 0.6) is 0 Å². The van der Waals surface area contributed by atoms with Crippen LogP contribution in [-0.2, 0) is 0 Å². The zero-order valence-corrected chi connectivity index (χ0v) is 7.73. The van der Waals surface area contributed by atoms with Gasteiger partial charge in [0.15, 0.2) is 0 Å². The van der Waals surface area contributed by atoms with Crippen LogP contribution in [0.25, 0.3) is 5.52 Å². The number of nitrogens with one attached hydrogen (secondary N) is 1. The molecule has 0 aliphatic rings. The Morgan fingerprint density at radius 2 is 2.31 bits per heavy atom. The third-order valence-electron chi connectivity index (χ3n) is 2.25. The molecule has 2 aromatic rings. The molecule has 0 aromatic carbocycles. The van der Waals surface area contributed by atoms with Crippen molar-refractivity contribution >= 4 is 5.52 Å². The molecule has 2 aromatic heterocycles. The second kappa shape index (κ2) is 3.14. The van der Waals surface area contributed by atoms with Crippen LogP contribution in [0, 0.1) is 0 Å². The lowest BCUT2D eigenvalue weighted by atomic mass is 10.1. The third kappa shape index (κ3) is 1.29. The summed E-state index contributed by atoms with van der Waals surface area (Å²) in [6, 6.07) is 0.307. The Morgan fingerprint density at radius 1 is 1.46 bits per heavy atom. The molecule has 0 aliphatic heterocycles. The molecular weight excluding hydrogens is 164 g/mol. The highest BCUT2D eigenvalue weighted by Gasteiger charge is 2.08. The summed E-state index contributed by atoms with van der Waals surface area (Å²) in [6.45, 7) is 2.10. The molecule has 0 bridgehead atoms. The molecule has 4 nitrogen and oxygen atoms in total. The van der Waals surface area contributed by atoms with Crippen molar-refractivity contribution in [1.82, 2.24) is 19.9 Å². The lowest BCUT2D eigenvalue weighted by molar-refractivity contribution is 0.657. The molecule has 2 heterocycles. The molecule has 0 aliphatic carbocycles. The number of rotatable bonds is 2. The summed E-state index contributed by atoms with van der Waals surface area (Å²) in [5, 5.41) is 7.40. The maximum absolute atomic E-state index is 4.22. The van der Waals surface area contributed by atoms with Gasteiger partial charge in [-0.1, -0.05) is 0 Å². The Morgan fingerprint density at radius 3 is 3.08 bits per heavy atom. The maximum Gasteiger partial charge on any atom is 0.0892 e. The van der Waals surface area contributed by atoms with Crippen LogP contribution in [0.1, 0.15) is 18.5 Å². The summed E-state index contributed by atoms with van der Waals surface area (Å²) in [6.07, 6.45) is 7.28. The molecule has 1 unspecified atom stereocenters. The molecule has 0 saturated heterocycles. The van der Waals surface area contributed by atoms with Gasteiger partial charge in [-0.2, -0.15) is 5.10 Å². The van der Waals surface area contributed by atoms with Crippen molar-refractivity contribution in [3.05, 3.63) is 30.4 Å². The van der Waals surface area contributed by atoms with Gasteiger partial charge in [0.05, 0.1) is 17.9 Å². The van der Waals surface area contributed by atoms with E-state index in [1.807, 2.05) is 30.2 Å². The number of aromatic nitrogens is 3. The van der Waals surface area contributed by atoms with E-state index in [0.717, 1.165) is 5.52 Å². The van der Waals surface area contributed by atoms with Crippen LogP contribution in [0.4, 0.5) is 0 Å². The quantitative estimate of drug-likeness (QED) is 0.742. The molecule has 0 saturated carbocycles. The first-order valence-corrected chi connectivity index (χ1v) is 4.27. The van der Waals surface area contributed by atoms with Gasteiger partial charge in [0.1, 0.15) is 0 Å². The summed E-state index contributed by atoms with van der Waals surface area (Å²) in [5.41, 5.74) is 2.24. The first kappa shape index (κ1) is 8.19. The first-order chi connectivity index (χ1) is 6.33. The smallest absolute Gasteiger partial charge is 0.0892 e. The molecular formula is C9H12N4. The highest BCUT2D eigenvalue weighted by molar-refractivity contribution is 5.52. The summed E-state index contributed by atoms with van der Waals surface area (Å²) in [5.74, 6) is 0. The summed E-state index contributed by atoms with van der Waals surface area (Å²) in [7, 11) is 1.94.